The predicted octanol–water partition coefficient (Wildman–Crippen LogP) is 0.983. The molecule has 1 aliphatic heterocycles. The number of amides is 2. The second kappa shape index (κ2) is 7.59. The number of fused-ring (bicyclic) bond motifs is 1. The van der Waals surface area contributed by atoms with Crippen LogP contribution in [-0.2, 0) is 22.7 Å². The van der Waals surface area contributed by atoms with Crippen molar-refractivity contribution in [1.29, 1.82) is 0 Å². The van der Waals surface area contributed by atoms with Crippen molar-refractivity contribution in [3.8, 4) is 0 Å². The maximum atomic E-state index is 12.5. The topological polar surface area (TPSA) is 108 Å². The summed E-state index contributed by atoms with van der Waals surface area (Å²) >= 11 is 0. The molecule has 2 N–H and O–H groups in total. The monoisotopic (exact) mass is 377 g/mol. The van der Waals surface area contributed by atoms with Crippen LogP contribution in [0.1, 0.15) is 17.8 Å². The van der Waals surface area contributed by atoms with Crippen molar-refractivity contribution in [2.45, 2.75) is 19.5 Å². The van der Waals surface area contributed by atoms with E-state index >= 15 is 0 Å². The van der Waals surface area contributed by atoms with Crippen molar-refractivity contribution in [1.82, 2.24) is 25.2 Å². The number of benzene rings is 1. The van der Waals surface area contributed by atoms with Gasteiger partial charge in [-0.15, -0.1) is 0 Å². The molecule has 2 aromatic heterocycles. The Bertz CT molecular complexity index is 1080. The van der Waals surface area contributed by atoms with E-state index in [1.54, 1.807) is 41.6 Å². The lowest BCUT2D eigenvalue weighted by Gasteiger charge is -2.16. The summed E-state index contributed by atoms with van der Waals surface area (Å²) in [6.45, 7) is 0.938. The summed E-state index contributed by atoms with van der Waals surface area (Å²) in [6.07, 6.45) is 3.54. The minimum Gasteiger partial charge on any atom is -0.349 e. The third-order valence-corrected chi connectivity index (χ3v) is 4.80. The zero-order chi connectivity index (χ0) is 19.5. The number of hydrogen-bond donors (Lipinski definition) is 2. The van der Waals surface area contributed by atoms with Crippen molar-refractivity contribution < 1.29 is 9.59 Å². The maximum absolute atomic E-state index is 12.5. The van der Waals surface area contributed by atoms with Gasteiger partial charge in [-0.25, -0.2) is 4.98 Å². The molecule has 0 radical (unpaired) electrons. The van der Waals surface area contributed by atoms with E-state index in [4.69, 9.17) is 0 Å². The van der Waals surface area contributed by atoms with E-state index in [1.165, 1.54) is 0 Å². The van der Waals surface area contributed by atoms with Gasteiger partial charge in [-0.1, -0.05) is 12.1 Å². The highest BCUT2D eigenvalue weighted by Gasteiger charge is 2.34. The van der Waals surface area contributed by atoms with E-state index in [-0.39, 0.29) is 30.3 Å². The average Bonchev–Trinajstić information content (AvgIpc) is 3.07. The molecule has 1 aromatic carbocycles. The van der Waals surface area contributed by atoms with Crippen LogP contribution in [0.3, 0.4) is 0 Å². The summed E-state index contributed by atoms with van der Waals surface area (Å²) in [7, 11) is 0. The number of nitrogens with zero attached hydrogens (tertiary/aromatic N) is 3. The van der Waals surface area contributed by atoms with E-state index < -0.39 is 5.92 Å². The van der Waals surface area contributed by atoms with Gasteiger partial charge in [0, 0.05) is 31.9 Å². The summed E-state index contributed by atoms with van der Waals surface area (Å²) in [4.78, 5) is 49.5. The lowest BCUT2D eigenvalue weighted by molar-refractivity contribution is -0.129. The Labute approximate surface area is 160 Å². The molecule has 0 unspecified atom stereocenters. The number of hydrogen-bond acceptors (Lipinski definition) is 5. The Kier molecular flexibility index (Phi) is 4.84. The van der Waals surface area contributed by atoms with Gasteiger partial charge in [0.2, 0.25) is 11.8 Å². The van der Waals surface area contributed by atoms with Crippen LogP contribution in [0, 0.1) is 5.92 Å². The smallest absolute Gasteiger partial charge is 0.258 e. The number of likely N-dealkylation sites (tertiary alicyclic amines) is 1. The van der Waals surface area contributed by atoms with E-state index in [0.717, 1.165) is 5.56 Å². The van der Waals surface area contributed by atoms with Crippen molar-refractivity contribution >= 4 is 22.7 Å². The number of aromatic amines is 1. The van der Waals surface area contributed by atoms with Crippen LogP contribution in [0.2, 0.25) is 0 Å². The first-order chi connectivity index (χ1) is 13.6. The Morgan fingerprint density at radius 1 is 1.18 bits per heavy atom. The number of nitrogens with one attached hydrogen (secondary N) is 2. The minimum atomic E-state index is -0.415. The molecular weight excluding hydrogens is 358 g/mol. The van der Waals surface area contributed by atoms with Gasteiger partial charge in [-0.3, -0.25) is 19.4 Å². The van der Waals surface area contributed by atoms with Crippen LogP contribution in [0.25, 0.3) is 10.9 Å². The van der Waals surface area contributed by atoms with Crippen LogP contribution in [0.15, 0.2) is 53.6 Å². The lowest BCUT2D eigenvalue weighted by Crippen LogP contribution is -2.33. The highest BCUT2D eigenvalue weighted by molar-refractivity contribution is 5.89. The average molecular weight is 377 g/mol. The second-order valence-electron chi connectivity index (χ2n) is 6.78. The Morgan fingerprint density at radius 2 is 1.96 bits per heavy atom. The maximum Gasteiger partial charge on any atom is 0.258 e. The summed E-state index contributed by atoms with van der Waals surface area (Å²) in [6, 6.07) is 10.7. The number of H-pyrrole nitrogens is 1. The van der Waals surface area contributed by atoms with Crippen LogP contribution >= 0.6 is 0 Å². The fourth-order valence-corrected chi connectivity index (χ4v) is 3.34. The summed E-state index contributed by atoms with van der Waals surface area (Å²) in [5.41, 5.74) is 1.31. The Morgan fingerprint density at radius 3 is 2.79 bits per heavy atom. The molecule has 3 aromatic rings. The van der Waals surface area contributed by atoms with Gasteiger partial charge in [0.1, 0.15) is 5.82 Å². The first kappa shape index (κ1) is 17.8. The molecule has 1 saturated heterocycles. The summed E-state index contributed by atoms with van der Waals surface area (Å²) < 4.78 is 0. The Hall–Kier alpha value is -3.55. The molecule has 0 bridgehead atoms. The predicted molar refractivity (Wildman–Crippen MR) is 102 cm³/mol. The third-order valence-electron chi connectivity index (χ3n) is 4.80. The van der Waals surface area contributed by atoms with E-state index in [1.807, 2.05) is 12.1 Å². The minimum absolute atomic E-state index is 0.0470. The fourth-order valence-electron chi connectivity index (χ4n) is 3.34. The SMILES string of the molecule is O=C(NCc1nc2ccccc2c(=O)[nH]1)[C@@H]1CC(=O)N(Cc2ccncc2)C1. The van der Waals surface area contributed by atoms with Crippen LogP contribution in [-0.4, -0.2) is 38.2 Å². The highest BCUT2D eigenvalue weighted by atomic mass is 16.2. The first-order valence-electron chi connectivity index (χ1n) is 9.02. The Balaban J connectivity index is 1.38. The number of pyridine rings is 1. The molecule has 2 amide bonds. The quantitative estimate of drug-likeness (QED) is 0.689. The third kappa shape index (κ3) is 3.75. The number of aromatic nitrogens is 3. The zero-order valence-corrected chi connectivity index (χ0v) is 15.1. The first-order valence-corrected chi connectivity index (χ1v) is 9.02. The molecule has 28 heavy (non-hydrogen) atoms. The lowest BCUT2D eigenvalue weighted by atomic mass is 10.1. The molecular formula is C20H19N5O3. The van der Waals surface area contributed by atoms with Gasteiger partial charge in [-0.05, 0) is 29.8 Å². The molecule has 1 aliphatic rings. The van der Waals surface area contributed by atoms with Gasteiger partial charge < -0.3 is 15.2 Å². The van der Waals surface area contributed by atoms with E-state index in [2.05, 4.69) is 20.3 Å². The second-order valence-corrected chi connectivity index (χ2v) is 6.78. The number of rotatable bonds is 5. The molecule has 8 heteroatoms. The molecule has 1 fully saturated rings. The van der Waals surface area contributed by atoms with E-state index in [0.29, 0.717) is 29.8 Å². The molecule has 8 nitrogen and oxygen atoms in total. The molecule has 1 atom stereocenters. The van der Waals surface area contributed by atoms with Gasteiger partial charge in [0.05, 0.1) is 23.4 Å². The van der Waals surface area contributed by atoms with Crippen molar-refractivity contribution in [2.75, 3.05) is 6.54 Å². The molecule has 4 rings (SSSR count). The zero-order valence-electron chi connectivity index (χ0n) is 15.1. The van der Waals surface area contributed by atoms with Crippen molar-refractivity contribution in [3.63, 3.8) is 0 Å². The summed E-state index contributed by atoms with van der Waals surface area (Å²) in [5, 5.41) is 3.28. The largest absolute Gasteiger partial charge is 0.349 e. The molecule has 142 valence electrons. The van der Waals surface area contributed by atoms with Gasteiger partial charge in [0.25, 0.3) is 5.56 Å². The van der Waals surface area contributed by atoms with Crippen LogP contribution in [0.5, 0.6) is 0 Å². The van der Waals surface area contributed by atoms with Crippen molar-refractivity contribution in [3.05, 3.63) is 70.5 Å². The van der Waals surface area contributed by atoms with Crippen LogP contribution in [0.4, 0.5) is 0 Å². The number of carbonyl (C=O) groups is 2. The molecule has 3 heterocycles. The van der Waals surface area contributed by atoms with Gasteiger partial charge >= 0.3 is 0 Å². The fraction of sp³-hybridized carbons (Fsp3) is 0.250. The normalized spacial score (nSPS) is 16.5. The van der Waals surface area contributed by atoms with E-state index in [9.17, 15) is 14.4 Å². The number of para-hydroxylation sites is 1. The molecule has 0 saturated carbocycles. The number of carbonyl (C=O) groups excluding carboxylic acids is 2. The van der Waals surface area contributed by atoms with Crippen LogP contribution < -0.4 is 10.9 Å². The standard InChI is InChI=1S/C20H19N5O3/c26-18-9-14(12-25(18)11-13-5-7-21-8-6-13)19(27)22-10-17-23-16-4-2-1-3-15(16)20(28)24-17/h1-8,14H,9-12H2,(H,22,27)(H,23,24,28)/t14-/m1/s1. The molecule has 0 aliphatic carbocycles. The summed E-state index contributed by atoms with van der Waals surface area (Å²) in [5.74, 6) is -0.299. The van der Waals surface area contributed by atoms with Gasteiger partial charge in [-0.2, -0.15) is 0 Å². The highest BCUT2D eigenvalue weighted by Crippen LogP contribution is 2.20. The van der Waals surface area contributed by atoms with Gasteiger partial charge in [0.15, 0.2) is 0 Å². The van der Waals surface area contributed by atoms with Crippen molar-refractivity contribution in [2.24, 2.45) is 5.92 Å². The molecule has 0 spiro atoms.